The molecule has 0 unspecified atom stereocenters. The number of rotatable bonds is 6. The number of carbonyl (C=O) groups excluding carboxylic acids is 2. The van der Waals surface area contributed by atoms with Gasteiger partial charge in [0.05, 0.1) is 24.5 Å². The summed E-state index contributed by atoms with van der Waals surface area (Å²) in [6.45, 7) is 4.98. The molecule has 0 bridgehead atoms. The van der Waals surface area contributed by atoms with Crippen LogP contribution in [0.5, 0.6) is 11.5 Å². The van der Waals surface area contributed by atoms with Gasteiger partial charge in [0.1, 0.15) is 11.5 Å². The van der Waals surface area contributed by atoms with Gasteiger partial charge in [-0.1, -0.05) is 24.3 Å². The molecular weight excluding hydrogens is 368 g/mol. The van der Waals surface area contributed by atoms with E-state index < -0.39 is 0 Å². The Morgan fingerprint density at radius 3 is 2.28 bits per heavy atom. The summed E-state index contributed by atoms with van der Waals surface area (Å²) in [6, 6.07) is 14.7. The fourth-order valence-electron chi connectivity index (χ4n) is 3.50. The predicted molar refractivity (Wildman–Crippen MR) is 112 cm³/mol. The van der Waals surface area contributed by atoms with Gasteiger partial charge in [0.15, 0.2) is 0 Å². The van der Waals surface area contributed by atoms with Crippen LogP contribution >= 0.6 is 0 Å². The topological polar surface area (TPSA) is 67.9 Å². The number of likely N-dealkylation sites (tertiary alicyclic amines) is 1. The van der Waals surface area contributed by atoms with Crippen molar-refractivity contribution < 1.29 is 19.1 Å². The molecule has 0 atom stereocenters. The number of amides is 2. The number of anilines is 1. The van der Waals surface area contributed by atoms with Crippen LogP contribution in [0.15, 0.2) is 48.5 Å². The lowest BCUT2D eigenvalue weighted by molar-refractivity contribution is -0.121. The molecule has 1 N–H and O–H groups in total. The molecule has 2 aromatic carbocycles. The standard InChI is InChI=1S/C23H28N2O4/c1-16(2)29-21-11-7-5-9-19(21)24-22(26)17-12-14-25(15-13-17)23(27)18-8-4-6-10-20(18)28-3/h4-11,16-17H,12-15H2,1-3H3,(H,24,26). The molecule has 1 saturated heterocycles. The second-order valence-electron chi connectivity index (χ2n) is 7.42. The number of nitrogens with zero attached hydrogens (tertiary/aromatic N) is 1. The van der Waals surface area contributed by atoms with Crippen LogP contribution in [-0.2, 0) is 4.79 Å². The summed E-state index contributed by atoms with van der Waals surface area (Å²) in [5, 5.41) is 2.99. The monoisotopic (exact) mass is 396 g/mol. The predicted octanol–water partition coefficient (Wildman–Crippen LogP) is 3.97. The van der Waals surface area contributed by atoms with E-state index in [1.807, 2.05) is 50.2 Å². The zero-order chi connectivity index (χ0) is 20.8. The minimum absolute atomic E-state index is 0.0253. The highest BCUT2D eigenvalue weighted by atomic mass is 16.5. The number of ether oxygens (including phenoxy) is 2. The van der Waals surface area contributed by atoms with Gasteiger partial charge in [-0.2, -0.15) is 0 Å². The number of carbonyl (C=O) groups is 2. The number of para-hydroxylation sites is 3. The van der Waals surface area contributed by atoms with Crippen molar-refractivity contribution in [3.63, 3.8) is 0 Å². The summed E-state index contributed by atoms with van der Waals surface area (Å²) in [5.41, 5.74) is 1.23. The number of benzene rings is 2. The number of methoxy groups -OCH3 is 1. The highest BCUT2D eigenvalue weighted by Crippen LogP contribution is 2.28. The van der Waals surface area contributed by atoms with Crippen molar-refractivity contribution in [2.45, 2.75) is 32.8 Å². The van der Waals surface area contributed by atoms with Crippen LogP contribution < -0.4 is 14.8 Å². The first-order valence-corrected chi connectivity index (χ1v) is 9.98. The summed E-state index contributed by atoms with van der Waals surface area (Å²) in [7, 11) is 1.56. The normalized spacial score (nSPS) is 14.6. The maximum absolute atomic E-state index is 12.8. The van der Waals surface area contributed by atoms with Crippen LogP contribution in [0.4, 0.5) is 5.69 Å². The minimum atomic E-state index is -0.135. The van der Waals surface area contributed by atoms with Gasteiger partial charge in [-0.3, -0.25) is 9.59 Å². The van der Waals surface area contributed by atoms with Crippen molar-refractivity contribution in [2.24, 2.45) is 5.92 Å². The maximum atomic E-state index is 12.8. The Labute approximate surface area is 171 Å². The number of hydrogen-bond acceptors (Lipinski definition) is 4. The molecule has 0 aliphatic carbocycles. The molecule has 2 amide bonds. The Bertz CT molecular complexity index is 857. The quantitative estimate of drug-likeness (QED) is 0.802. The highest BCUT2D eigenvalue weighted by molar-refractivity contribution is 5.97. The molecular formula is C23H28N2O4. The van der Waals surface area contributed by atoms with Crippen LogP contribution in [0.2, 0.25) is 0 Å². The molecule has 6 heteroatoms. The van der Waals surface area contributed by atoms with Crippen molar-refractivity contribution >= 4 is 17.5 Å². The Kier molecular flexibility index (Phi) is 6.75. The maximum Gasteiger partial charge on any atom is 0.257 e. The Morgan fingerprint density at radius 1 is 1.00 bits per heavy atom. The molecule has 29 heavy (non-hydrogen) atoms. The third-order valence-corrected chi connectivity index (χ3v) is 5.00. The average molecular weight is 396 g/mol. The molecule has 0 aromatic heterocycles. The van der Waals surface area contributed by atoms with E-state index in [-0.39, 0.29) is 23.8 Å². The summed E-state index contributed by atoms with van der Waals surface area (Å²) in [6.07, 6.45) is 1.28. The Hall–Kier alpha value is -3.02. The first kappa shape index (κ1) is 20.7. The van der Waals surface area contributed by atoms with E-state index in [1.54, 1.807) is 24.1 Å². The second-order valence-corrected chi connectivity index (χ2v) is 7.42. The molecule has 1 fully saturated rings. The fraction of sp³-hybridized carbons (Fsp3) is 0.391. The van der Waals surface area contributed by atoms with Crippen molar-refractivity contribution in [1.82, 2.24) is 4.90 Å². The molecule has 1 aliphatic heterocycles. The van der Waals surface area contributed by atoms with Gasteiger partial charge in [0.2, 0.25) is 5.91 Å². The lowest BCUT2D eigenvalue weighted by Crippen LogP contribution is -2.41. The zero-order valence-electron chi connectivity index (χ0n) is 17.2. The molecule has 1 aliphatic rings. The van der Waals surface area contributed by atoms with Crippen LogP contribution in [0, 0.1) is 5.92 Å². The Balaban J connectivity index is 1.60. The van der Waals surface area contributed by atoms with E-state index in [2.05, 4.69) is 5.32 Å². The molecule has 1 heterocycles. The van der Waals surface area contributed by atoms with Gasteiger partial charge in [-0.15, -0.1) is 0 Å². The van der Waals surface area contributed by atoms with E-state index in [9.17, 15) is 9.59 Å². The average Bonchev–Trinajstić information content (AvgIpc) is 2.74. The van der Waals surface area contributed by atoms with Gasteiger partial charge >= 0.3 is 0 Å². The molecule has 154 valence electrons. The minimum Gasteiger partial charge on any atom is -0.496 e. The summed E-state index contributed by atoms with van der Waals surface area (Å²) in [5.74, 6) is 1.01. The second kappa shape index (κ2) is 9.45. The van der Waals surface area contributed by atoms with E-state index in [0.717, 1.165) is 0 Å². The zero-order valence-corrected chi connectivity index (χ0v) is 17.2. The molecule has 2 aromatic rings. The van der Waals surface area contributed by atoms with Gasteiger partial charge < -0.3 is 19.7 Å². The van der Waals surface area contributed by atoms with Gasteiger partial charge in [0.25, 0.3) is 5.91 Å². The van der Waals surface area contributed by atoms with Gasteiger partial charge in [-0.05, 0) is 51.0 Å². The first-order chi connectivity index (χ1) is 14.0. The SMILES string of the molecule is COc1ccccc1C(=O)N1CCC(C(=O)Nc2ccccc2OC(C)C)CC1. The molecule has 0 spiro atoms. The smallest absolute Gasteiger partial charge is 0.257 e. The van der Waals surface area contributed by atoms with Crippen LogP contribution in [0.3, 0.4) is 0 Å². The van der Waals surface area contributed by atoms with Crippen LogP contribution in [0.25, 0.3) is 0 Å². The molecule has 3 rings (SSSR count). The molecule has 6 nitrogen and oxygen atoms in total. The first-order valence-electron chi connectivity index (χ1n) is 9.98. The third kappa shape index (κ3) is 5.08. The van der Waals surface area contributed by atoms with E-state index in [4.69, 9.17) is 9.47 Å². The fourth-order valence-corrected chi connectivity index (χ4v) is 3.50. The van der Waals surface area contributed by atoms with Crippen molar-refractivity contribution in [3.05, 3.63) is 54.1 Å². The third-order valence-electron chi connectivity index (χ3n) is 5.00. The molecule has 0 saturated carbocycles. The summed E-state index contributed by atoms with van der Waals surface area (Å²) in [4.78, 5) is 27.4. The lowest BCUT2D eigenvalue weighted by atomic mass is 9.95. The van der Waals surface area contributed by atoms with Crippen LogP contribution in [-0.4, -0.2) is 43.0 Å². The van der Waals surface area contributed by atoms with Crippen molar-refractivity contribution in [2.75, 3.05) is 25.5 Å². The number of piperidine rings is 1. The number of nitrogens with one attached hydrogen (secondary N) is 1. The highest BCUT2D eigenvalue weighted by Gasteiger charge is 2.29. The largest absolute Gasteiger partial charge is 0.496 e. The summed E-state index contributed by atoms with van der Waals surface area (Å²) >= 11 is 0. The Morgan fingerprint density at radius 2 is 1.62 bits per heavy atom. The van der Waals surface area contributed by atoms with Crippen molar-refractivity contribution in [3.8, 4) is 11.5 Å². The molecule has 0 radical (unpaired) electrons. The van der Waals surface area contributed by atoms with E-state index in [1.165, 1.54) is 0 Å². The van der Waals surface area contributed by atoms with E-state index >= 15 is 0 Å². The van der Waals surface area contributed by atoms with Crippen LogP contribution in [0.1, 0.15) is 37.0 Å². The van der Waals surface area contributed by atoms with Gasteiger partial charge in [-0.25, -0.2) is 0 Å². The van der Waals surface area contributed by atoms with Gasteiger partial charge in [0, 0.05) is 19.0 Å². The lowest BCUT2D eigenvalue weighted by Gasteiger charge is -2.31. The van der Waals surface area contributed by atoms with E-state index in [0.29, 0.717) is 48.7 Å². The van der Waals surface area contributed by atoms with Crippen molar-refractivity contribution in [1.29, 1.82) is 0 Å². The number of hydrogen-bond donors (Lipinski definition) is 1. The summed E-state index contributed by atoms with van der Waals surface area (Å²) < 4.78 is 11.1.